The predicted octanol–water partition coefficient (Wildman–Crippen LogP) is 1.91. The molecule has 0 saturated heterocycles. The van der Waals surface area contributed by atoms with Crippen molar-refractivity contribution in [3.63, 3.8) is 0 Å². The van der Waals surface area contributed by atoms with Crippen molar-refractivity contribution in [2.45, 2.75) is 20.3 Å². The second-order valence-electron chi connectivity index (χ2n) is 3.19. The van der Waals surface area contributed by atoms with Gasteiger partial charge in [-0.05, 0) is 30.7 Å². The van der Waals surface area contributed by atoms with Crippen molar-refractivity contribution in [3.05, 3.63) is 23.8 Å². The Labute approximate surface area is 88.7 Å². The molecule has 4 nitrogen and oxygen atoms in total. The maximum Gasteiger partial charge on any atom is 0.224 e. The summed E-state index contributed by atoms with van der Waals surface area (Å²) in [5.74, 6) is -0.0227. The Morgan fingerprint density at radius 2 is 2.20 bits per heavy atom. The Bertz CT molecular complexity index is 375. The Hall–Kier alpha value is -1.84. The van der Waals surface area contributed by atoms with Crippen LogP contribution in [0.3, 0.4) is 0 Å². The highest BCUT2D eigenvalue weighted by Gasteiger charge is 2.01. The van der Waals surface area contributed by atoms with E-state index < -0.39 is 0 Å². The highest BCUT2D eigenvalue weighted by molar-refractivity contribution is 5.91. The van der Waals surface area contributed by atoms with Crippen LogP contribution in [-0.4, -0.2) is 12.3 Å². The van der Waals surface area contributed by atoms with E-state index in [-0.39, 0.29) is 5.91 Å². The van der Waals surface area contributed by atoms with Crippen LogP contribution in [-0.2, 0) is 9.59 Å². The molecule has 0 saturated carbocycles. The summed E-state index contributed by atoms with van der Waals surface area (Å²) in [7, 11) is 0. The van der Waals surface area contributed by atoms with E-state index in [0.29, 0.717) is 12.8 Å². The standard InChI is InChI=1S/C11H14N2O2/c1-3-11(15)13-9-4-5-10(12-7-14)8(2)6-9/h4-7H,3H2,1-2H3,(H,12,14)(H,13,15). The Morgan fingerprint density at radius 1 is 1.47 bits per heavy atom. The van der Waals surface area contributed by atoms with Gasteiger partial charge >= 0.3 is 0 Å². The normalized spacial score (nSPS) is 9.47. The largest absolute Gasteiger partial charge is 0.328 e. The molecule has 0 aromatic heterocycles. The third kappa shape index (κ3) is 3.09. The minimum Gasteiger partial charge on any atom is -0.328 e. The molecule has 0 atom stereocenters. The summed E-state index contributed by atoms with van der Waals surface area (Å²) in [6.45, 7) is 3.66. The van der Waals surface area contributed by atoms with Gasteiger partial charge in [0.1, 0.15) is 0 Å². The van der Waals surface area contributed by atoms with E-state index in [2.05, 4.69) is 10.6 Å². The van der Waals surface area contributed by atoms with Crippen molar-refractivity contribution in [3.8, 4) is 0 Å². The first-order valence-corrected chi connectivity index (χ1v) is 4.78. The minimum atomic E-state index is -0.0227. The lowest BCUT2D eigenvalue weighted by Gasteiger charge is -2.08. The lowest BCUT2D eigenvalue weighted by molar-refractivity contribution is -0.115. The summed E-state index contributed by atoms with van der Waals surface area (Å²) >= 11 is 0. The summed E-state index contributed by atoms with van der Waals surface area (Å²) in [4.78, 5) is 21.4. The molecule has 0 aliphatic heterocycles. The van der Waals surface area contributed by atoms with Crippen LogP contribution in [0, 0.1) is 6.92 Å². The van der Waals surface area contributed by atoms with Crippen LogP contribution in [0.15, 0.2) is 18.2 Å². The Kier molecular flexibility index (Phi) is 3.85. The van der Waals surface area contributed by atoms with Crippen LogP contribution < -0.4 is 10.6 Å². The highest BCUT2D eigenvalue weighted by Crippen LogP contribution is 2.19. The molecule has 0 radical (unpaired) electrons. The zero-order valence-corrected chi connectivity index (χ0v) is 8.83. The average molecular weight is 206 g/mol. The molecule has 0 aliphatic rings. The molecule has 2 amide bonds. The van der Waals surface area contributed by atoms with Gasteiger partial charge in [0.2, 0.25) is 12.3 Å². The summed E-state index contributed by atoms with van der Waals surface area (Å²) in [5, 5.41) is 5.32. The number of nitrogens with one attached hydrogen (secondary N) is 2. The lowest BCUT2D eigenvalue weighted by Crippen LogP contribution is -2.09. The van der Waals surface area contributed by atoms with Crippen molar-refractivity contribution in [1.29, 1.82) is 0 Å². The van der Waals surface area contributed by atoms with Gasteiger partial charge in [-0.1, -0.05) is 6.92 Å². The Morgan fingerprint density at radius 3 is 2.73 bits per heavy atom. The molecule has 1 aromatic rings. The zero-order valence-electron chi connectivity index (χ0n) is 8.83. The molecule has 2 N–H and O–H groups in total. The Balaban J connectivity index is 2.81. The van der Waals surface area contributed by atoms with Crippen LogP contribution in [0.5, 0.6) is 0 Å². The molecule has 80 valence electrons. The molecular weight excluding hydrogens is 192 g/mol. The van der Waals surface area contributed by atoms with Crippen LogP contribution >= 0.6 is 0 Å². The predicted molar refractivity (Wildman–Crippen MR) is 59.8 cm³/mol. The van der Waals surface area contributed by atoms with E-state index in [9.17, 15) is 9.59 Å². The molecule has 15 heavy (non-hydrogen) atoms. The zero-order chi connectivity index (χ0) is 11.3. The topological polar surface area (TPSA) is 58.2 Å². The molecule has 0 aliphatic carbocycles. The molecule has 0 unspecified atom stereocenters. The number of benzene rings is 1. The maximum absolute atomic E-state index is 11.1. The number of hydrogen-bond acceptors (Lipinski definition) is 2. The molecule has 1 aromatic carbocycles. The second kappa shape index (κ2) is 5.14. The fourth-order valence-electron chi connectivity index (χ4n) is 1.22. The second-order valence-corrected chi connectivity index (χ2v) is 3.19. The van der Waals surface area contributed by atoms with Gasteiger partial charge in [0.05, 0.1) is 0 Å². The van der Waals surface area contributed by atoms with Gasteiger partial charge < -0.3 is 10.6 Å². The number of amides is 2. The van der Waals surface area contributed by atoms with Gasteiger partial charge in [0, 0.05) is 17.8 Å². The quantitative estimate of drug-likeness (QED) is 0.739. The number of hydrogen-bond donors (Lipinski definition) is 2. The fourth-order valence-corrected chi connectivity index (χ4v) is 1.22. The van der Waals surface area contributed by atoms with Crippen LogP contribution in [0.2, 0.25) is 0 Å². The molecule has 0 fully saturated rings. The van der Waals surface area contributed by atoms with Gasteiger partial charge in [-0.25, -0.2) is 0 Å². The maximum atomic E-state index is 11.1. The van der Waals surface area contributed by atoms with Gasteiger partial charge in [-0.15, -0.1) is 0 Å². The van der Waals surface area contributed by atoms with Gasteiger partial charge in [-0.3, -0.25) is 9.59 Å². The van der Waals surface area contributed by atoms with Crippen molar-refractivity contribution in [2.24, 2.45) is 0 Å². The number of anilines is 2. The molecule has 1 rings (SSSR count). The van der Waals surface area contributed by atoms with Crippen LogP contribution in [0.4, 0.5) is 11.4 Å². The van der Waals surface area contributed by atoms with E-state index in [0.717, 1.165) is 16.9 Å². The number of carbonyl (C=O) groups is 2. The first kappa shape index (κ1) is 11.2. The van der Waals surface area contributed by atoms with Crippen LogP contribution in [0.1, 0.15) is 18.9 Å². The molecular formula is C11H14N2O2. The van der Waals surface area contributed by atoms with Crippen LogP contribution in [0.25, 0.3) is 0 Å². The van der Waals surface area contributed by atoms with Gasteiger partial charge in [0.15, 0.2) is 0 Å². The van der Waals surface area contributed by atoms with Gasteiger partial charge in [-0.2, -0.15) is 0 Å². The monoisotopic (exact) mass is 206 g/mol. The van der Waals surface area contributed by atoms with E-state index in [1.54, 1.807) is 19.1 Å². The van der Waals surface area contributed by atoms with E-state index in [4.69, 9.17) is 0 Å². The number of carbonyl (C=O) groups excluding carboxylic acids is 2. The minimum absolute atomic E-state index is 0.0227. The summed E-state index contributed by atoms with van der Waals surface area (Å²) in [6.07, 6.45) is 1.08. The van der Waals surface area contributed by atoms with E-state index in [1.165, 1.54) is 0 Å². The van der Waals surface area contributed by atoms with E-state index >= 15 is 0 Å². The first-order valence-electron chi connectivity index (χ1n) is 4.78. The molecule has 0 bridgehead atoms. The summed E-state index contributed by atoms with van der Waals surface area (Å²) in [5.41, 5.74) is 2.41. The van der Waals surface area contributed by atoms with Crippen molar-refractivity contribution in [1.82, 2.24) is 0 Å². The SMILES string of the molecule is CCC(=O)Nc1ccc(NC=O)c(C)c1. The first-order chi connectivity index (χ1) is 7.17. The average Bonchev–Trinajstić information content (AvgIpc) is 2.22. The third-order valence-corrected chi connectivity index (χ3v) is 2.05. The number of rotatable bonds is 4. The molecule has 0 spiro atoms. The van der Waals surface area contributed by atoms with Crippen molar-refractivity contribution in [2.75, 3.05) is 10.6 Å². The summed E-state index contributed by atoms with van der Waals surface area (Å²) in [6, 6.07) is 5.33. The smallest absolute Gasteiger partial charge is 0.224 e. The molecule has 4 heteroatoms. The third-order valence-electron chi connectivity index (χ3n) is 2.05. The fraction of sp³-hybridized carbons (Fsp3) is 0.273. The van der Waals surface area contributed by atoms with E-state index in [1.807, 2.05) is 13.0 Å². The number of aryl methyl sites for hydroxylation is 1. The van der Waals surface area contributed by atoms with Crippen molar-refractivity contribution >= 4 is 23.7 Å². The highest BCUT2D eigenvalue weighted by atomic mass is 16.1. The van der Waals surface area contributed by atoms with Gasteiger partial charge in [0.25, 0.3) is 0 Å². The molecule has 0 heterocycles. The summed E-state index contributed by atoms with van der Waals surface area (Å²) < 4.78 is 0. The van der Waals surface area contributed by atoms with Crippen molar-refractivity contribution < 1.29 is 9.59 Å². The lowest BCUT2D eigenvalue weighted by atomic mass is 10.2.